The smallest absolute Gasteiger partial charge is 0.0604 e. The summed E-state index contributed by atoms with van der Waals surface area (Å²) in [7, 11) is 0. The summed E-state index contributed by atoms with van der Waals surface area (Å²) in [6.45, 7) is 3.84. The van der Waals surface area contributed by atoms with Crippen molar-refractivity contribution in [3.63, 3.8) is 0 Å². The van der Waals surface area contributed by atoms with Gasteiger partial charge in [0.05, 0.1) is 6.17 Å². The fraction of sp³-hybridized carbons (Fsp3) is 1.00. The minimum Gasteiger partial charge on any atom is -0.295 e. The molecule has 2 aliphatic heterocycles. The number of fused-ring (bicyclic) bond motifs is 3. The standard InChI is InChI=1S/C15H28N2/c1-15-11-7-4-5-9-13(15)17-12-8-3-2-6-10-14(17)16-15/h13-14,16H,2-12H2,1H3. The van der Waals surface area contributed by atoms with Gasteiger partial charge in [0.1, 0.15) is 0 Å². The van der Waals surface area contributed by atoms with Crippen molar-refractivity contribution in [2.24, 2.45) is 0 Å². The van der Waals surface area contributed by atoms with Crippen LogP contribution in [-0.4, -0.2) is 29.2 Å². The highest BCUT2D eigenvalue weighted by molar-refractivity contribution is 5.06. The van der Waals surface area contributed by atoms with Crippen LogP contribution < -0.4 is 5.32 Å². The van der Waals surface area contributed by atoms with Crippen LogP contribution in [0.4, 0.5) is 0 Å². The largest absolute Gasteiger partial charge is 0.295 e. The van der Waals surface area contributed by atoms with Gasteiger partial charge in [0.15, 0.2) is 0 Å². The Kier molecular flexibility index (Phi) is 3.45. The molecule has 3 rings (SSSR count). The van der Waals surface area contributed by atoms with E-state index in [1.165, 1.54) is 70.8 Å². The van der Waals surface area contributed by atoms with Crippen molar-refractivity contribution in [2.45, 2.75) is 88.9 Å². The molecule has 1 aliphatic carbocycles. The zero-order valence-electron chi connectivity index (χ0n) is 11.4. The quantitative estimate of drug-likeness (QED) is 0.694. The second-order valence-corrected chi connectivity index (χ2v) is 6.63. The molecule has 3 aliphatic rings. The van der Waals surface area contributed by atoms with Crippen molar-refractivity contribution < 1.29 is 0 Å². The molecule has 3 unspecified atom stereocenters. The zero-order valence-corrected chi connectivity index (χ0v) is 11.4. The van der Waals surface area contributed by atoms with Gasteiger partial charge in [0.25, 0.3) is 0 Å². The summed E-state index contributed by atoms with van der Waals surface area (Å²) in [6.07, 6.45) is 15.0. The van der Waals surface area contributed by atoms with Crippen LogP contribution in [0.2, 0.25) is 0 Å². The fourth-order valence-electron chi connectivity index (χ4n) is 4.41. The molecular formula is C15H28N2. The molecule has 98 valence electrons. The summed E-state index contributed by atoms with van der Waals surface area (Å²) in [5.41, 5.74) is 0.422. The molecule has 0 bridgehead atoms. The fourth-order valence-corrected chi connectivity index (χ4v) is 4.41. The third-order valence-corrected chi connectivity index (χ3v) is 5.35. The van der Waals surface area contributed by atoms with Gasteiger partial charge in [-0.15, -0.1) is 0 Å². The lowest BCUT2D eigenvalue weighted by Crippen LogP contribution is -2.46. The molecule has 3 atom stereocenters. The molecule has 0 amide bonds. The van der Waals surface area contributed by atoms with E-state index in [4.69, 9.17) is 0 Å². The Hall–Kier alpha value is -0.0800. The number of hydrogen-bond donors (Lipinski definition) is 1. The van der Waals surface area contributed by atoms with Gasteiger partial charge < -0.3 is 0 Å². The summed E-state index contributed by atoms with van der Waals surface area (Å²) in [6, 6.07) is 0.827. The maximum Gasteiger partial charge on any atom is 0.0604 e. The number of rotatable bonds is 0. The predicted octanol–water partition coefficient (Wildman–Crippen LogP) is 3.27. The average Bonchev–Trinajstić information content (AvgIpc) is 2.44. The van der Waals surface area contributed by atoms with E-state index in [9.17, 15) is 0 Å². The lowest BCUT2D eigenvalue weighted by Gasteiger charge is -2.34. The second kappa shape index (κ2) is 4.89. The molecular weight excluding hydrogens is 208 g/mol. The van der Waals surface area contributed by atoms with Crippen molar-refractivity contribution in [3.8, 4) is 0 Å². The van der Waals surface area contributed by atoms with Crippen molar-refractivity contribution in [1.29, 1.82) is 0 Å². The van der Waals surface area contributed by atoms with Gasteiger partial charge >= 0.3 is 0 Å². The Morgan fingerprint density at radius 2 is 1.71 bits per heavy atom. The van der Waals surface area contributed by atoms with Crippen molar-refractivity contribution >= 4 is 0 Å². The summed E-state index contributed by atoms with van der Waals surface area (Å²) in [4.78, 5) is 2.84. The van der Waals surface area contributed by atoms with Crippen LogP contribution in [0, 0.1) is 0 Å². The summed E-state index contributed by atoms with van der Waals surface area (Å²) in [5, 5.41) is 4.00. The van der Waals surface area contributed by atoms with E-state index in [1.807, 2.05) is 0 Å². The third kappa shape index (κ3) is 2.26. The molecule has 0 spiro atoms. The Morgan fingerprint density at radius 3 is 2.65 bits per heavy atom. The number of hydrogen-bond acceptors (Lipinski definition) is 2. The highest BCUT2D eigenvalue weighted by Gasteiger charge is 2.48. The van der Waals surface area contributed by atoms with E-state index in [1.54, 1.807) is 0 Å². The summed E-state index contributed by atoms with van der Waals surface area (Å²) >= 11 is 0. The molecule has 2 heteroatoms. The van der Waals surface area contributed by atoms with Gasteiger partial charge in [-0.3, -0.25) is 10.2 Å². The van der Waals surface area contributed by atoms with Gasteiger partial charge in [0, 0.05) is 11.6 Å². The molecule has 0 aromatic rings. The highest BCUT2D eigenvalue weighted by Crippen LogP contribution is 2.38. The van der Waals surface area contributed by atoms with Crippen LogP contribution >= 0.6 is 0 Å². The normalized spacial score (nSPS) is 44.3. The Bertz CT molecular complexity index is 266. The molecule has 2 heterocycles. The molecule has 1 saturated carbocycles. The Labute approximate surface area is 106 Å². The first-order chi connectivity index (χ1) is 8.30. The average molecular weight is 236 g/mol. The van der Waals surface area contributed by atoms with Gasteiger partial charge in [-0.2, -0.15) is 0 Å². The Morgan fingerprint density at radius 1 is 0.941 bits per heavy atom. The van der Waals surface area contributed by atoms with Gasteiger partial charge in [0.2, 0.25) is 0 Å². The van der Waals surface area contributed by atoms with E-state index in [0.717, 1.165) is 6.04 Å². The minimum absolute atomic E-state index is 0.422. The van der Waals surface area contributed by atoms with Crippen LogP contribution in [-0.2, 0) is 0 Å². The van der Waals surface area contributed by atoms with Crippen LogP contribution in [0.15, 0.2) is 0 Å². The van der Waals surface area contributed by atoms with Crippen molar-refractivity contribution in [3.05, 3.63) is 0 Å². The lowest BCUT2D eigenvalue weighted by atomic mass is 9.88. The topological polar surface area (TPSA) is 15.3 Å². The van der Waals surface area contributed by atoms with E-state index in [-0.39, 0.29) is 0 Å². The molecule has 3 fully saturated rings. The predicted molar refractivity (Wildman–Crippen MR) is 72.0 cm³/mol. The van der Waals surface area contributed by atoms with Gasteiger partial charge in [-0.25, -0.2) is 0 Å². The number of nitrogens with one attached hydrogen (secondary N) is 1. The first-order valence-electron chi connectivity index (χ1n) is 7.83. The second-order valence-electron chi connectivity index (χ2n) is 6.63. The van der Waals surface area contributed by atoms with Crippen LogP contribution in [0.3, 0.4) is 0 Å². The summed E-state index contributed by atoms with van der Waals surface area (Å²) in [5.74, 6) is 0. The SMILES string of the molecule is CC12CCCCCC1N1CCCCCCC1N2. The zero-order chi connectivity index (χ0) is 11.7. The van der Waals surface area contributed by atoms with E-state index in [2.05, 4.69) is 17.1 Å². The van der Waals surface area contributed by atoms with Crippen molar-refractivity contribution in [1.82, 2.24) is 10.2 Å². The van der Waals surface area contributed by atoms with Crippen LogP contribution in [0.1, 0.15) is 71.1 Å². The molecule has 2 saturated heterocycles. The minimum atomic E-state index is 0.422. The van der Waals surface area contributed by atoms with E-state index < -0.39 is 0 Å². The first kappa shape index (κ1) is 12.0. The first-order valence-corrected chi connectivity index (χ1v) is 7.83. The van der Waals surface area contributed by atoms with Crippen molar-refractivity contribution in [2.75, 3.05) is 6.54 Å². The van der Waals surface area contributed by atoms with Crippen LogP contribution in [0.5, 0.6) is 0 Å². The lowest BCUT2D eigenvalue weighted by molar-refractivity contribution is 0.146. The monoisotopic (exact) mass is 236 g/mol. The van der Waals surface area contributed by atoms with Crippen LogP contribution in [0.25, 0.3) is 0 Å². The Balaban J connectivity index is 1.79. The number of nitrogens with zero attached hydrogens (tertiary/aromatic N) is 1. The van der Waals surface area contributed by atoms with E-state index >= 15 is 0 Å². The third-order valence-electron chi connectivity index (χ3n) is 5.35. The summed E-state index contributed by atoms with van der Waals surface area (Å²) < 4.78 is 0. The molecule has 17 heavy (non-hydrogen) atoms. The molecule has 1 N–H and O–H groups in total. The maximum absolute atomic E-state index is 4.00. The van der Waals surface area contributed by atoms with Gasteiger partial charge in [-0.1, -0.05) is 38.5 Å². The maximum atomic E-state index is 4.00. The highest BCUT2D eigenvalue weighted by atomic mass is 15.4. The molecule has 0 aromatic heterocycles. The van der Waals surface area contributed by atoms with Gasteiger partial charge in [-0.05, 0) is 39.2 Å². The molecule has 0 aromatic carbocycles. The van der Waals surface area contributed by atoms with E-state index in [0.29, 0.717) is 11.7 Å². The molecule has 0 radical (unpaired) electrons. The molecule has 2 nitrogen and oxygen atoms in total.